The van der Waals surface area contributed by atoms with Gasteiger partial charge >= 0.3 is 6.36 Å². The van der Waals surface area contributed by atoms with Gasteiger partial charge in [-0.3, -0.25) is 9.69 Å². The summed E-state index contributed by atoms with van der Waals surface area (Å²) in [4.78, 5) is 26.8. The lowest BCUT2D eigenvalue weighted by molar-refractivity contribution is -0.274. The second kappa shape index (κ2) is 14.1. The van der Waals surface area contributed by atoms with E-state index in [4.69, 9.17) is 4.74 Å². The quantitative estimate of drug-likeness (QED) is 0.402. The maximum atomic E-state index is 13.6. The highest BCUT2D eigenvalue weighted by Gasteiger charge is 2.45. The van der Waals surface area contributed by atoms with Crippen LogP contribution in [-0.4, -0.2) is 109 Å². The summed E-state index contributed by atoms with van der Waals surface area (Å²) in [5, 5.41) is 3.33. The van der Waals surface area contributed by atoms with Gasteiger partial charge in [-0.15, -0.1) is 13.2 Å². The van der Waals surface area contributed by atoms with Crippen molar-refractivity contribution in [2.24, 2.45) is 11.8 Å². The molecule has 4 heterocycles. The fourth-order valence-corrected chi connectivity index (χ4v) is 8.70. The molecule has 0 radical (unpaired) electrons. The zero-order chi connectivity index (χ0) is 34.2. The van der Waals surface area contributed by atoms with Gasteiger partial charge in [-0.2, -0.15) is 0 Å². The van der Waals surface area contributed by atoms with E-state index in [-0.39, 0.29) is 29.9 Å². The molecule has 48 heavy (non-hydrogen) atoms. The number of ether oxygens (including phenoxy) is 2. The molecule has 1 amide bonds. The van der Waals surface area contributed by atoms with E-state index in [1.807, 2.05) is 11.8 Å². The molecule has 4 fully saturated rings. The summed E-state index contributed by atoms with van der Waals surface area (Å²) >= 11 is 0. The Hall–Kier alpha value is -3.01. The normalized spacial score (nSPS) is 27.3. The number of rotatable bonds is 9. The molecule has 1 aliphatic carbocycles. The summed E-state index contributed by atoms with van der Waals surface area (Å²) in [6, 6.07) is 6.32. The Bertz CT molecular complexity index is 1540. The van der Waals surface area contributed by atoms with E-state index in [1.54, 1.807) is 23.5 Å². The van der Waals surface area contributed by atoms with E-state index in [0.717, 1.165) is 63.6 Å². The van der Waals surface area contributed by atoms with Crippen molar-refractivity contribution in [3.8, 4) is 5.75 Å². The molecule has 3 saturated heterocycles. The van der Waals surface area contributed by atoms with Gasteiger partial charge in [-0.25, -0.2) is 22.7 Å². The fourth-order valence-electron chi connectivity index (χ4n) is 7.99. The van der Waals surface area contributed by atoms with Gasteiger partial charge < -0.3 is 19.7 Å². The highest BCUT2D eigenvalue weighted by molar-refractivity contribution is 7.88. The number of piperidine rings is 1. The molecule has 15 heteroatoms. The highest BCUT2D eigenvalue weighted by Crippen LogP contribution is 2.42. The van der Waals surface area contributed by atoms with Crippen LogP contribution in [0, 0.1) is 18.8 Å². The number of carbonyl (C=O) groups is 1. The van der Waals surface area contributed by atoms with Crippen molar-refractivity contribution in [3.63, 3.8) is 0 Å². The Balaban J connectivity index is 0.979. The van der Waals surface area contributed by atoms with E-state index < -0.39 is 16.4 Å². The van der Waals surface area contributed by atoms with Gasteiger partial charge in [0, 0.05) is 57.4 Å². The number of carbonyl (C=O) groups excluding carboxylic acids is 1. The van der Waals surface area contributed by atoms with Gasteiger partial charge in [0.2, 0.25) is 10.0 Å². The number of nitrogens with one attached hydrogen (secondary N) is 1. The molecule has 1 aromatic carbocycles. The van der Waals surface area contributed by atoms with Crippen LogP contribution < -0.4 is 10.1 Å². The van der Waals surface area contributed by atoms with Crippen LogP contribution in [-0.2, 0) is 14.8 Å². The summed E-state index contributed by atoms with van der Waals surface area (Å²) in [7, 11) is -1.49. The minimum absolute atomic E-state index is 0.0930. The summed E-state index contributed by atoms with van der Waals surface area (Å²) in [6.07, 6.45) is 3.67. The predicted octanol–water partition coefficient (Wildman–Crippen LogP) is 4.61. The first-order valence-electron chi connectivity index (χ1n) is 16.8. The standard InChI is InChI=1S/C33H45F3N6O5S/c1-21-30(32(43)41-13-11-25(12-14-41)42-18-23-15-26(16-24(23)19-42)40(2)48(3,44)45)38-20-39-31(21)37-17-28-5-4-6-29(46-28)22-7-9-27(10-8-22)47-33(34,35)36/h7-10,20,23-26,28-29H,4-6,11-19H2,1-3H3,(H,37,38,39)/t23-,24+,26-,28-,29+/m1/s1. The molecule has 1 saturated carbocycles. The van der Waals surface area contributed by atoms with Crippen LogP contribution in [0.25, 0.3) is 0 Å². The van der Waals surface area contributed by atoms with Crippen molar-refractivity contribution in [1.82, 2.24) is 24.1 Å². The Kier molecular flexibility index (Phi) is 10.2. The zero-order valence-corrected chi connectivity index (χ0v) is 28.5. The molecule has 1 aromatic heterocycles. The Morgan fingerprint density at radius 3 is 2.35 bits per heavy atom. The lowest BCUT2D eigenvalue weighted by Crippen LogP contribution is -2.47. The number of halogens is 3. The van der Waals surface area contributed by atoms with E-state index in [1.165, 1.54) is 24.7 Å². The van der Waals surface area contributed by atoms with Crippen LogP contribution in [0.4, 0.5) is 19.0 Å². The number of fused-ring (bicyclic) bond motifs is 1. The fraction of sp³-hybridized carbons (Fsp3) is 0.667. The van der Waals surface area contributed by atoms with E-state index in [9.17, 15) is 26.4 Å². The largest absolute Gasteiger partial charge is 0.573 e. The number of alkyl halides is 3. The molecule has 4 aliphatic rings. The van der Waals surface area contributed by atoms with Crippen molar-refractivity contribution in [3.05, 3.63) is 47.4 Å². The molecule has 5 atom stereocenters. The van der Waals surface area contributed by atoms with Gasteiger partial charge in [-0.05, 0) is 81.4 Å². The topological polar surface area (TPSA) is 117 Å². The van der Waals surface area contributed by atoms with E-state index in [2.05, 4.69) is 24.9 Å². The van der Waals surface area contributed by atoms with Gasteiger partial charge in [0.1, 0.15) is 23.6 Å². The van der Waals surface area contributed by atoms with Crippen molar-refractivity contribution < 1.29 is 35.9 Å². The number of sulfonamides is 1. The van der Waals surface area contributed by atoms with Crippen molar-refractivity contribution in [1.29, 1.82) is 0 Å². The van der Waals surface area contributed by atoms with Crippen molar-refractivity contribution >= 4 is 21.7 Å². The number of hydrogen-bond donors (Lipinski definition) is 1. The minimum atomic E-state index is -4.73. The van der Waals surface area contributed by atoms with Gasteiger partial charge in [-0.1, -0.05) is 12.1 Å². The van der Waals surface area contributed by atoms with Gasteiger partial charge in [0.25, 0.3) is 5.91 Å². The number of anilines is 1. The number of hydrogen-bond acceptors (Lipinski definition) is 9. The van der Waals surface area contributed by atoms with Crippen LogP contribution in [0.2, 0.25) is 0 Å². The maximum absolute atomic E-state index is 13.6. The Morgan fingerprint density at radius 2 is 1.73 bits per heavy atom. The molecule has 1 N–H and O–H groups in total. The SMILES string of the molecule is Cc1c(NC[C@H]2CCC[C@@H](c3ccc(OC(F)(F)F)cc3)O2)ncnc1C(=O)N1CCC(N2C[C@H]3C[C@@H](N(C)S(C)(=O)=O)C[C@H]3C2)CC1. The van der Waals surface area contributed by atoms with Crippen molar-refractivity contribution in [2.45, 2.75) is 82.5 Å². The molecule has 0 bridgehead atoms. The smallest absolute Gasteiger partial charge is 0.406 e. The molecule has 264 valence electrons. The third-order valence-corrected chi connectivity index (χ3v) is 12.0. The lowest BCUT2D eigenvalue weighted by atomic mass is 9.98. The Labute approximate surface area is 280 Å². The predicted molar refractivity (Wildman–Crippen MR) is 173 cm³/mol. The second-order valence-corrected chi connectivity index (χ2v) is 15.8. The zero-order valence-electron chi connectivity index (χ0n) is 27.7. The summed E-state index contributed by atoms with van der Waals surface area (Å²) in [5.74, 6) is 1.25. The number of aromatic nitrogens is 2. The number of benzene rings is 1. The van der Waals surface area contributed by atoms with Gasteiger partial charge in [0.15, 0.2) is 0 Å². The summed E-state index contributed by atoms with van der Waals surface area (Å²) in [5.41, 5.74) is 1.85. The maximum Gasteiger partial charge on any atom is 0.573 e. The first-order chi connectivity index (χ1) is 22.7. The number of amides is 1. The van der Waals surface area contributed by atoms with Crippen LogP contribution in [0.15, 0.2) is 30.6 Å². The molecular weight excluding hydrogens is 649 g/mol. The van der Waals surface area contributed by atoms with E-state index in [0.29, 0.717) is 54.6 Å². The molecule has 0 spiro atoms. The minimum Gasteiger partial charge on any atom is -0.406 e. The molecule has 6 rings (SSSR count). The molecule has 0 unspecified atom stereocenters. The molecule has 3 aliphatic heterocycles. The van der Waals surface area contributed by atoms with Crippen LogP contribution in [0.3, 0.4) is 0 Å². The second-order valence-electron chi connectivity index (χ2n) is 13.8. The van der Waals surface area contributed by atoms with Crippen LogP contribution in [0.1, 0.15) is 72.7 Å². The third-order valence-electron chi connectivity index (χ3n) is 10.7. The average Bonchev–Trinajstić information content (AvgIpc) is 3.63. The monoisotopic (exact) mass is 694 g/mol. The molecular formula is C33H45F3N6O5S. The van der Waals surface area contributed by atoms with Crippen molar-refractivity contribution in [2.75, 3.05) is 51.3 Å². The summed E-state index contributed by atoms with van der Waals surface area (Å²) in [6.45, 7) is 5.60. The Morgan fingerprint density at radius 1 is 1.06 bits per heavy atom. The van der Waals surface area contributed by atoms with Crippen LogP contribution in [0.5, 0.6) is 5.75 Å². The van der Waals surface area contributed by atoms with E-state index >= 15 is 0 Å². The first kappa shape index (κ1) is 34.8. The number of likely N-dealkylation sites (tertiary alicyclic amines) is 2. The number of nitrogens with zero attached hydrogens (tertiary/aromatic N) is 5. The molecule has 11 nitrogen and oxygen atoms in total. The first-order valence-corrected chi connectivity index (χ1v) is 18.6. The average molecular weight is 695 g/mol. The third kappa shape index (κ3) is 8.06. The molecule has 2 aromatic rings. The van der Waals surface area contributed by atoms with Crippen LogP contribution >= 0.6 is 0 Å². The lowest BCUT2D eigenvalue weighted by Gasteiger charge is -2.37. The summed E-state index contributed by atoms with van der Waals surface area (Å²) < 4.78 is 73.4. The van der Waals surface area contributed by atoms with Gasteiger partial charge in [0.05, 0.1) is 18.5 Å². The highest BCUT2D eigenvalue weighted by atomic mass is 32.2.